The molecule has 0 aromatic heterocycles. The van der Waals surface area contributed by atoms with Gasteiger partial charge < -0.3 is 4.90 Å². The van der Waals surface area contributed by atoms with Crippen LogP contribution in [0, 0.1) is 0 Å². The van der Waals surface area contributed by atoms with Crippen molar-refractivity contribution in [2.75, 3.05) is 4.90 Å². The minimum atomic E-state index is 0.0975. The lowest BCUT2D eigenvalue weighted by molar-refractivity contribution is 0.0975. The van der Waals surface area contributed by atoms with E-state index in [0.29, 0.717) is 0 Å². The molecule has 0 saturated carbocycles. The number of carbonyl (C=O) groups excluding carboxylic acids is 1. The van der Waals surface area contributed by atoms with Crippen molar-refractivity contribution >= 4 is 11.6 Å². The van der Waals surface area contributed by atoms with Gasteiger partial charge in [0.15, 0.2) is 0 Å². The highest BCUT2D eigenvalue weighted by molar-refractivity contribution is 6.07. The summed E-state index contributed by atoms with van der Waals surface area (Å²) in [5, 5.41) is 0. The van der Waals surface area contributed by atoms with Gasteiger partial charge in [-0.1, -0.05) is 36.4 Å². The average molecular weight is 251 g/mol. The summed E-state index contributed by atoms with van der Waals surface area (Å²) in [5.41, 5.74) is 3.09. The Labute approximate surface area is 113 Å². The molecular formula is C17H17NO. The molecular weight excluding hydrogens is 234 g/mol. The lowest BCUT2D eigenvalue weighted by atomic mass is 9.96. The zero-order chi connectivity index (χ0) is 13.2. The molecule has 2 nitrogen and oxygen atoms in total. The van der Waals surface area contributed by atoms with Gasteiger partial charge in [-0.3, -0.25) is 4.79 Å². The molecule has 2 heteroatoms. The standard InChI is InChI=1S/C17H17NO/c1-13-11-12-14-7-5-6-10-16(14)18(13)17(19)15-8-3-2-4-9-15/h2-10,13H,11-12H2,1H3/t13-/m0/s1. The molecule has 96 valence electrons. The largest absolute Gasteiger partial charge is 0.305 e. The molecule has 2 aromatic carbocycles. The maximum absolute atomic E-state index is 12.7. The van der Waals surface area contributed by atoms with E-state index in [0.717, 1.165) is 24.1 Å². The van der Waals surface area contributed by atoms with Crippen molar-refractivity contribution in [3.05, 3.63) is 65.7 Å². The fourth-order valence-electron chi connectivity index (χ4n) is 2.72. The Morgan fingerprint density at radius 2 is 1.74 bits per heavy atom. The molecule has 1 heterocycles. The summed E-state index contributed by atoms with van der Waals surface area (Å²) in [6.45, 7) is 2.12. The van der Waals surface area contributed by atoms with E-state index in [4.69, 9.17) is 0 Å². The molecule has 0 N–H and O–H groups in total. The van der Waals surface area contributed by atoms with Gasteiger partial charge in [0.1, 0.15) is 0 Å². The van der Waals surface area contributed by atoms with Crippen molar-refractivity contribution in [2.45, 2.75) is 25.8 Å². The van der Waals surface area contributed by atoms with Gasteiger partial charge in [-0.05, 0) is 43.5 Å². The highest BCUT2D eigenvalue weighted by atomic mass is 16.2. The van der Waals surface area contributed by atoms with E-state index in [2.05, 4.69) is 13.0 Å². The fourth-order valence-corrected chi connectivity index (χ4v) is 2.72. The number of fused-ring (bicyclic) bond motifs is 1. The monoisotopic (exact) mass is 251 g/mol. The first kappa shape index (κ1) is 12.0. The van der Waals surface area contributed by atoms with E-state index >= 15 is 0 Å². The molecule has 0 aliphatic carbocycles. The molecule has 0 saturated heterocycles. The first-order valence-electron chi connectivity index (χ1n) is 6.74. The Kier molecular flexibility index (Phi) is 3.08. The number of anilines is 1. The first-order chi connectivity index (χ1) is 9.27. The molecule has 0 spiro atoms. The molecule has 3 rings (SSSR count). The molecule has 0 unspecified atom stereocenters. The number of carbonyl (C=O) groups is 1. The van der Waals surface area contributed by atoms with Crippen LogP contribution in [0.2, 0.25) is 0 Å². The van der Waals surface area contributed by atoms with Crippen molar-refractivity contribution in [1.29, 1.82) is 0 Å². The Morgan fingerprint density at radius 1 is 1.05 bits per heavy atom. The summed E-state index contributed by atoms with van der Waals surface area (Å²) in [5.74, 6) is 0.0975. The minimum Gasteiger partial charge on any atom is -0.305 e. The van der Waals surface area contributed by atoms with Crippen molar-refractivity contribution in [3.63, 3.8) is 0 Å². The fraction of sp³-hybridized carbons (Fsp3) is 0.235. The van der Waals surface area contributed by atoms with Gasteiger partial charge in [0, 0.05) is 17.3 Å². The molecule has 1 atom stereocenters. The summed E-state index contributed by atoms with van der Waals surface area (Å²) in [7, 11) is 0. The number of amides is 1. The van der Waals surface area contributed by atoms with Crippen molar-refractivity contribution < 1.29 is 4.79 Å². The number of hydrogen-bond acceptors (Lipinski definition) is 1. The molecule has 0 fully saturated rings. The second kappa shape index (κ2) is 4.88. The number of aryl methyl sites for hydroxylation is 1. The smallest absolute Gasteiger partial charge is 0.258 e. The minimum absolute atomic E-state index is 0.0975. The predicted molar refractivity (Wildman–Crippen MR) is 77.5 cm³/mol. The van der Waals surface area contributed by atoms with E-state index in [9.17, 15) is 4.79 Å². The van der Waals surface area contributed by atoms with E-state index in [1.165, 1.54) is 5.56 Å². The molecule has 19 heavy (non-hydrogen) atoms. The lowest BCUT2D eigenvalue weighted by Crippen LogP contribution is -2.42. The third-order valence-electron chi connectivity index (χ3n) is 3.76. The first-order valence-corrected chi connectivity index (χ1v) is 6.74. The van der Waals surface area contributed by atoms with Crippen LogP contribution in [-0.4, -0.2) is 11.9 Å². The number of para-hydroxylation sites is 1. The highest BCUT2D eigenvalue weighted by Crippen LogP contribution is 2.31. The summed E-state index contributed by atoms with van der Waals surface area (Å²) in [6, 6.07) is 18.0. The SMILES string of the molecule is C[C@H]1CCc2ccccc2N1C(=O)c1ccccc1. The Morgan fingerprint density at radius 3 is 2.53 bits per heavy atom. The second-order valence-electron chi connectivity index (χ2n) is 5.06. The van der Waals surface area contributed by atoms with Gasteiger partial charge in [-0.2, -0.15) is 0 Å². The van der Waals surface area contributed by atoms with E-state index in [-0.39, 0.29) is 11.9 Å². The summed E-state index contributed by atoms with van der Waals surface area (Å²) in [4.78, 5) is 14.6. The number of nitrogens with zero attached hydrogens (tertiary/aromatic N) is 1. The van der Waals surface area contributed by atoms with Crippen LogP contribution in [0.4, 0.5) is 5.69 Å². The number of rotatable bonds is 1. The third kappa shape index (κ3) is 2.14. The molecule has 1 amide bonds. The quantitative estimate of drug-likeness (QED) is 0.757. The van der Waals surface area contributed by atoms with E-state index in [1.54, 1.807) is 0 Å². The van der Waals surface area contributed by atoms with Crippen LogP contribution < -0.4 is 4.90 Å². The third-order valence-corrected chi connectivity index (χ3v) is 3.76. The van der Waals surface area contributed by atoms with Crippen molar-refractivity contribution in [3.8, 4) is 0 Å². The zero-order valence-corrected chi connectivity index (χ0v) is 11.0. The lowest BCUT2D eigenvalue weighted by Gasteiger charge is -2.35. The van der Waals surface area contributed by atoms with Crippen LogP contribution in [0.25, 0.3) is 0 Å². The van der Waals surface area contributed by atoms with Gasteiger partial charge >= 0.3 is 0 Å². The Hall–Kier alpha value is -2.09. The zero-order valence-electron chi connectivity index (χ0n) is 11.0. The van der Waals surface area contributed by atoms with Gasteiger partial charge in [0.05, 0.1) is 0 Å². The van der Waals surface area contributed by atoms with E-state index < -0.39 is 0 Å². The summed E-state index contributed by atoms with van der Waals surface area (Å²) < 4.78 is 0. The molecule has 0 bridgehead atoms. The van der Waals surface area contributed by atoms with Gasteiger partial charge in [0.25, 0.3) is 5.91 Å². The molecule has 0 radical (unpaired) electrons. The highest BCUT2D eigenvalue weighted by Gasteiger charge is 2.28. The van der Waals surface area contributed by atoms with Gasteiger partial charge in [-0.25, -0.2) is 0 Å². The maximum Gasteiger partial charge on any atom is 0.258 e. The molecule has 1 aliphatic heterocycles. The average Bonchev–Trinajstić information content (AvgIpc) is 2.47. The van der Waals surface area contributed by atoms with Crippen LogP contribution in [0.15, 0.2) is 54.6 Å². The second-order valence-corrected chi connectivity index (χ2v) is 5.06. The van der Waals surface area contributed by atoms with Crippen molar-refractivity contribution in [1.82, 2.24) is 0 Å². The number of hydrogen-bond donors (Lipinski definition) is 0. The van der Waals surface area contributed by atoms with Crippen LogP contribution >= 0.6 is 0 Å². The van der Waals surface area contributed by atoms with Crippen LogP contribution in [0.1, 0.15) is 29.3 Å². The number of benzene rings is 2. The van der Waals surface area contributed by atoms with Crippen LogP contribution in [0.5, 0.6) is 0 Å². The van der Waals surface area contributed by atoms with Gasteiger partial charge in [0.2, 0.25) is 0 Å². The Balaban J connectivity index is 2.02. The van der Waals surface area contributed by atoms with Crippen LogP contribution in [0.3, 0.4) is 0 Å². The maximum atomic E-state index is 12.7. The summed E-state index contributed by atoms with van der Waals surface area (Å²) >= 11 is 0. The van der Waals surface area contributed by atoms with Gasteiger partial charge in [-0.15, -0.1) is 0 Å². The normalized spacial score (nSPS) is 17.9. The van der Waals surface area contributed by atoms with E-state index in [1.807, 2.05) is 53.4 Å². The molecule has 2 aromatic rings. The van der Waals surface area contributed by atoms with Crippen molar-refractivity contribution in [2.24, 2.45) is 0 Å². The topological polar surface area (TPSA) is 20.3 Å². The van der Waals surface area contributed by atoms with Crippen LogP contribution in [-0.2, 0) is 6.42 Å². The summed E-state index contributed by atoms with van der Waals surface area (Å²) in [6.07, 6.45) is 2.07. The molecule has 1 aliphatic rings. The Bertz CT molecular complexity index is 591. The predicted octanol–water partition coefficient (Wildman–Crippen LogP) is 3.67.